The number of para-hydroxylation sites is 1. The standard InChI is InChI=1S/C14H20N4O/c1-10(6-5-9-15)16-14(19)13-11-7-3-4-8-12(11)18(2)17-13/h3-4,7-8,10H,5-6,9,15H2,1-2H3,(H,16,19). The average molecular weight is 260 g/mol. The van der Waals surface area contributed by atoms with Gasteiger partial charge in [0.15, 0.2) is 5.69 Å². The van der Waals surface area contributed by atoms with Crippen LogP contribution in [0.5, 0.6) is 0 Å². The molecule has 2 rings (SSSR count). The molecular weight excluding hydrogens is 240 g/mol. The molecule has 1 aromatic carbocycles. The number of carbonyl (C=O) groups excluding carboxylic acids is 1. The molecule has 0 saturated carbocycles. The molecular formula is C14H20N4O. The molecule has 0 aliphatic rings. The van der Waals surface area contributed by atoms with Crippen LogP contribution in [-0.2, 0) is 7.05 Å². The Morgan fingerprint density at radius 3 is 2.95 bits per heavy atom. The lowest BCUT2D eigenvalue weighted by atomic mass is 10.1. The number of fused-ring (bicyclic) bond motifs is 1. The minimum absolute atomic E-state index is 0.108. The molecule has 0 aliphatic carbocycles. The van der Waals surface area contributed by atoms with Crippen LogP contribution in [0.3, 0.4) is 0 Å². The fraction of sp³-hybridized carbons (Fsp3) is 0.429. The molecule has 1 heterocycles. The number of hydrogen-bond donors (Lipinski definition) is 2. The van der Waals surface area contributed by atoms with Crippen LogP contribution in [0, 0.1) is 0 Å². The van der Waals surface area contributed by atoms with E-state index in [4.69, 9.17) is 5.73 Å². The van der Waals surface area contributed by atoms with E-state index in [9.17, 15) is 4.79 Å². The molecule has 19 heavy (non-hydrogen) atoms. The molecule has 0 spiro atoms. The van der Waals surface area contributed by atoms with Gasteiger partial charge in [-0.3, -0.25) is 9.48 Å². The molecule has 1 amide bonds. The monoisotopic (exact) mass is 260 g/mol. The molecule has 1 unspecified atom stereocenters. The molecule has 1 aromatic heterocycles. The van der Waals surface area contributed by atoms with Crippen molar-refractivity contribution in [2.75, 3.05) is 6.54 Å². The highest BCUT2D eigenvalue weighted by atomic mass is 16.2. The summed E-state index contributed by atoms with van der Waals surface area (Å²) in [6, 6.07) is 7.84. The van der Waals surface area contributed by atoms with Gasteiger partial charge in [-0.2, -0.15) is 5.10 Å². The lowest BCUT2D eigenvalue weighted by Gasteiger charge is -2.12. The number of nitrogens with two attached hydrogens (primary N) is 1. The third-order valence-corrected chi connectivity index (χ3v) is 3.19. The number of benzene rings is 1. The van der Waals surface area contributed by atoms with Crippen LogP contribution in [-0.4, -0.2) is 28.3 Å². The van der Waals surface area contributed by atoms with Crippen molar-refractivity contribution in [3.8, 4) is 0 Å². The summed E-state index contributed by atoms with van der Waals surface area (Å²) in [5.41, 5.74) is 6.91. The van der Waals surface area contributed by atoms with Gasteiger partial charge in [-0.25, -0.2) is 0 Å². The van der Waals surface area contributed by atoms with E-state index in [1.54, 1.807) is 4.68 Å². The van der Waals surface area contributed by atoms with Gasteiger partial charge in [0, 0.05) is 18.5 Å². The number of rotatable bonds is 5. The van der Waals surface area contributed by atoms with Gasteiger partial charge in [0.2, 0.25) is 0 Å². The molecule has 1 atom stereocenters. The van der Waals surface area contributed by atoms with Crippen molar-refractivity contribution >= 4 is 16.8 Å². The quantitative estimate of drug-likeness (QED) is 0.854. The number of aromatic nitrogens is 2. The van der Waals surface area contributed by atoms with Crippen LogP contribution in [0.2, 0.25) is 0 Å². The Morgan fingerprint density at radius 2 is 2.21 bits per heavy atom. The van der Waals surface area contributed by atoms with Crippen molar-refractivity contribution in [2.45, 2.75) is 25.8 Å². The van der Waals surface area contributed by atoms with E-state index < -0.39 is 0 Å². The van der Waals surface area contributed by atoms with Gasteiger partial charge in [0.25, 0.3) is 5.91 Å². The number of nitrogens with zero attached hydrogens (tertiary/aromatic N) is 2. The minimum Gasteiger partial charge on any atom is -0.348 e. The highest BCUT2D eigenvalue weighted by Gasteiger charge is 2.17. The van der Waals surface area contributed by atoms with Gasteiger partial charge in [-0.05, 0) is 32.4 Å². The summed E-state index contributed by atoms with van der Waals surface area (Å²) in [4.78, 5) is 12.2. The van der Waals surface area contributed by atoms with E-state index in [2.05, 4.69) is 10.4 Å². The number of aryl methyl sites for hydroxylation is 1. The lowest BCUT2D eigenvalue weighted by molar-refractivity contribution is 0.0934. The Morgan fingerprint density at radius 1 is 1.47 bits per heavy atom. The summed E-state index contributed by atoms with van der Waals surface area (Å²) >= 11 is 0. The lowest BCUT2D eigenvalue weighted by Crippen LogP contribution is -2.33. The van der Waals surface area contributed by atoms with E-state index in [1.807, 2.05) is 38.2 Å². The molecule has 3 N–H and O–H groups in total. The van der Waals surface area contributed by atoms with Crippen molar-refractivity contribution in [3.63, 3.8) is 0 Å². The van der Waals surface area contributed by atoms with Crippen molar-refractivity contribution in [3.05, 3.63) is 30.0 Å². The first-order valence-corrected chi connectivity index (χ1v) is 6.56. The molecule has 0 saturated heterocycles. The van der Waals surface area contributed by atoms with Crippen LogP contribution >= 0.6 is 0 Å². The highest BCUT2D eigenvalue weighted by Crippen LogP contribution is 2.17. The molecule has 0 fully saturated rings. The SMILES string of the molecule is CC(CCCN)NC(=O)c1nn(C)c2ccccc12. The zero-order valence-corrected chi connectivity index (χ0v) is 11.4. The minimum atomic E-state index is -0.124. The summed E-state index contributed by atoms with van der Waals surface area (Å²) in [5, 5.41) is 8.15. The smallest absolute Gasteiger partial charge is 0.272 e. The fourth-order valence-electron chi connectivity index (χ4n) is 2.17. The van der Waals surface area contributed by atoms with Crippen molar-refractivity contribution < 1.29 is 4.79 Å². The van der Waals surface area contributed by atoms with Crippen LogP contribution in [0.1, 0.15) is 30.3 Å². The number of hydrogen-bond acceptors (Lipinski definition) is 3. The molecule has 0 aliphatic heterocycles. The van der Waals surface area contributed by atoms with E-state index in [0.29, 0.717) is 12.2 Å². The number of nitrogens with one attached hydrogen (secondary N) is 1. The van der Waals surface area contributed by atoms with Gasteiger partial charge >= 0.3 is 0 Å². The highest BCUT2D eigenvalue weighted by molar-refractivity contribution is 6.04. The second kappa shape index (κ2) is 5.84. The Kier molecular flexibility index (Phi) is 4.16. The molecule has 2 aromatic rings. The largest absolute Gasteiger partial charge is 0.348 e. The predicted molar refractivity (Wildman–Crippen MR) is 75.9 cm³/mol. The van der Waals surface area contributed by atoms with Crippen molar-refractivity contribution in [2.24, 2.45) is 12.8 Å². The first-order valence-electron chi connectivity index (χ1n) is 6.56. The summed E-state index contributed by atoms with van der Waals surface area (Å²) in [5.74, 6) is -0.124. The van der Waals surface area contributed by atoms with Gasteiger partial charge < -0.3 is 11.1 Å². The third-order valence-electron chi connectivity index (χ3n) is 3.19. The first kappa shape index (κ1) is 13.5. The average Bonchev–Trinajstić information content (AvgIpc) is 2.74. The molecule has 5 nitrogen and oxygen atoms in total. The van der Waals surface area contributed by atoms with Crippen molar-refractivity contribution in [1.29, 1.82) is 0 Å². The van der Waals surface area contributed by atoms with Gasteiger partial charge in [-0.1, -0.05) is 18.2 Å². The summed E-state index contributed by atoms with van der Waals surface area (Å²) < 4.78 is 1.73. The Bertz CT molecular complexity index is 576. The molecule has 0 bridgehead atoms. The summed E-state index contributed by atoms with van der Waals surface area (Å²) in [6.45, 7) is 2.63. The Balaban J connectivity index is 2.18. The fourth-order valence-corrected chi connectivity index (χ4v) is 2.17. The van der Waals surface area contributed by atoms with Gasteiger partial charge in [0.1, 0.15) is 0 Å². The van der Waals surface area contributed by atoms with Gasteiger partial charge in [-0.15, -0.1) is 0 Å². The van der Waals surface area contributed by atoms with E-state index in [0.717, 1.165) is 23.7 Å². The first-order chi connectivity index (χ1) is 9.13. The summed E-state index contributed by atoms with van der Waals surface area (Å²) in [7, 11) is 1.84. The Labute approximate surface area is 112 Å². The predicted octanol–water partition coefficient (Wildman–Crippen LogP) is 1.43. The summed E-state index contributed by atoms with van der Waals surface area (Å²) in [6.07, 6.45) is 1.79. The second-order valence-corrected chi connectivity index (χ2v) is 4.79. The van der Waals surface area contributed by atoms with Crippen LogP contribution < -0.4 is 11.1 Å². The zero-order chi connectivity index (χ0) is 13.8. The zero-order valence-electron chi connectivity index (χ0n) is 11.4. The van der Waals surface area contributed by atoms with Crippen LogP contribution in [0.4, 0.5) is 0 Å². The number of amides is 1. The molecule has 102 valence electrons. The number of carbonyl (C=O) groups is 1. The third kappa shape index (κ3) is 2.93. The van der Waals surface area contributed by atoms with Crippen LogP contribution in [0.25, 0.3) is 10.9 Å². The van der Waals surface area contributed by atoms with Gasteiger partial charge in [0.05, 0.1) is 5.52 Å². The van der Waals surface area contributed by atoms with E-state index in [-0.39, 0.29) is 11.9 Å². The van der Waals surface area contributed by atoms with E-state index >= 15 is 0 Å². The molecule has 5 heteroatoms. The second-order valence-electron chi connectivity index (χ2n) is 4.79. The van der Waals surface area contributed by atoms with Crippen LogP contribution in [0.15, 0.2) is 24.3 Å². The maximum atomic E-state index is 12.2. The Hall–Kier alpha value is -1.88. The van der Waals surface area contributed by atoms with Crippen molar-refractivity contribution in [1.82, 2.24) is 15.1 Å². The maximum Gasteiger partial charge on any atom is 0.272 e. The van der Waals surface area contributed by atoms with E-state index in [1.165, 1.54) is 0 Å². The molecule has 0 radical (unpaired) electrons. The topological polar surface area (TPSA) is 72.9 Å². The normalized spacial score (nSPS) is 12.6. The maximum absolute atomic E-state index is 12.2.